The van der Waals surface area contributed by atoms with Crippen molar-refractivity contribution in [1.29, 1.82) is 0 Å². The lowest BCUT2D eigenvalue weighted by atomic mass is 10.7. The van der Waals surface area contributed by atoms with Gasteiger partial charge in [0.15, 0.2) is 0 Å². The summed E-state index contributed by atoms with van der Waals surface area (Å²) in [5.41, 5.74) is 19.8. The van der Waals surface area contributed by atoms with E-state index in [1.807, 2.05) is 0 Å². The molecule has 0 spiro atoms. The highest BCUT2D eigenvalue weighted by molar-refractivity contribution is 7.57. The summed E-state index contributed by atoms with van der Waals surface area (Å²) >= 11 is 0. The van der Waals surface area contributed by atoms with Crippen LogP contribution in [0.25, 0.3) is 0 Å². The molecule has 0 aliphatic rings. The minimum absolute atomic E-state index is 0.183. The molecule has 0 aliphatic carbocycles. The molecule has 0 radical (unpaired) electrons. The van der Waals surface area contributed by atoms with Gasteiger partial charge in [-0.15, -0.1) is 0 Å². The average molecular weight is 216 g/mol. The summed E-state index contributed by atoms with van der Waals surface area (Å²) in [6.45, 7) is 0.366. The van der Waals surface area contributed by atoms with Crippen molar-refractivity contribution in [2.45, 2.75) is 0 Å². The molecule has 0 saturated carbocycles. The first-order valence-corrected chi connectivity index (χ1v) is 6.74. The maximum Gasteiger partial charge on any atom is 0.273 e. The molecule has 10 heteroatoms. The second-order valence-corrected chi connectivity index (χ2v) is 5.70. The van der Waals surface area contributed by atoms with Crippen LogP contribution in [0.2, 0.25) is 0 Å². The third-order valence-corrected chi connectivity index (χ3v) is 2.28. The van der Waals surface area contributed by atoms with Gasteiger partial charge in [0.2, 0.25) is 0 Å². The summed E-state index contributed by atoms with van der Waals surface area (Å²) in [5.74, 6) is 0. The highest BCUT2D eigenvalue weighted by atomic mass is 31.2. The Labute approximate surface area is 70.5 Å². The van der Waals surface area contributed by atoms with Gasteiger partial charge in [0.25, 0.3) is 15.2 Å². The lowest BCUT2D eigenvalue weighted by Gasteiger charge is -2.11. The zero-order valence-corrected chi connectivity index (χ0v) is 8.22. The smallest absolute Gasteiger partial charge is 0.271 e. The summed E-state index contributed by atoms with van der Waals surface area (Å²) in [7, 11) is -6.42. The van der Waals surface area contributed by atoms with Crippen molar-refractivity contribution in [3.05, 3.63) is 0 Å². The molecule has 0 bridgehead atoms. The number of rotatable bonds is 5. The van der Waals surface area contributed by atoms with Crippen LogP contribution in [0.4, 0.5) is 0 Å². The minimum Gasteiger partial charge on any atom is -0.271 e. The van der Waals surface area contributed by atoms with Crippen molar-refractivity contribution in [2.24, 2.45) is 22.0 Å². The summed E-state index contributed by atoms with van der Waals surface area (Å²) in [6.07, 6.45) is 0. The predicted molar refractivity (Wildman–Crippen MR) is 48.0 cm³/mol. The Hall–Kier alpha value is 0.220. The van der Waals surface area contributed by atoms with Crippen LogP contribution in [0.1, 0.15) is 0 Å². The minimum atomic E-state index is -3.21. The van der Waals surface area contributed by atoms with E-state index in [1.165, 1.54) is 0 Å². The Bertz CT molecular complexity index is 194. The molecule has 0 aromatic rings. The molecule has 0 atom stereocenters. The molecule has 0 aromatic carbocycles. The SMILES string of the molecule is NP(N)(=O)NCCNP(N)(N)=O. The highest BCUT2D eigenvalue weighted by Crippen LogP contribution is 2.18. The predicted octanol–water partition coefficient (Wildman–Crippen LogP) is -1.78. The van der Waals surface area contributed by atoms with E-state index in [4.69, 9.17) is 22.0 Å². The van der Waals surface area contributed by atoms with Gasteiger partial charge in [0, 0.05) is 13.1 Å². The van der Waals surface area contributed by atoms with Crippen LogP contribution in [0.3, 0.4) is 0 Å². The van der Waals surface area contributed by atoms with Gasteiger partial charge < -0.3 is 0 Å². The van der Waals surface area contributed by atoms with Crippen LogP contribution in [-0.2, 0) is 9.13 Å². The van der Waals surface area contributed by atoms with E-state index < -0.39 is 15.2 Å². The first-order valence-electron chi connectivity index (χ1n) is 3.05. The second-order valence-electron chi connectivity index (χ2n) is 2.23. The van der Waals surface area contributed by atoms with Crippen LogP contribution in [0, 0.1) is 0 Å². The second kappa shape index (κ2) is 4.45. The molecule has 12 heavy (non-hydrogen) atoms. The Balaban J connectivity index is 3.48. The quantitative estimate of drug-likeness (QED) is 0.232. The molecule has 74 valence electrons. The lowest BCUT2D eigenvalue weighted by molar-refractivity contribution is 0.558. The fourth-order valence-corrected chi connectivity index (χ4v) is 1.38. The van der Waals surface area contributed by atoms with Crippen LogP contribution in [0.5, 0.6) is 0 Å². The van der Waals surface area contributed by atoms with E-state index in [9.17, 15) is 9.13 Å². The average Bonchev–Trinajstić information content (AvgIpc) is 1.76. The molecular weight excluding hydrogens is 202 g/mol. The molecule has 0 fully saturated rings. The van der Waals surface area contributed by atoms with E-state index in [0.717, 1.165) is 0 Å². The Kier molecular flexibility index (Phi) is 4.54. The molecule has 0 unspecified atom stereocenters. The molecule has 8 nitrogen and oxygen atoms in total. The molecule has 10 N–H and O–H groups in total. The van der Waals surface area contributed by atoms with Gasteiger partial charge in [0.05, 0.1) is 0 Å². The Morgan fingerprint density at radius 3 is 1.25 bits per heavy atom. The number of hydrogen-bond acceptors (Lipinski definition) is 2. The van der Waals surface area contributed by atoms with Gasteiger partial charge in [-0.05, 0) is 0 Å². The van der Waals surface area contributed by atoms with E-state index >= 15 is 0 Å². The first kappa shape index (κ1) is 12.2. The van der Waals surface area contributed by atoms with Crippen molar-refractivity contribution in [3.63, 3.8) is 0 Å². The Morgan fingerprint density at radius 2 is 1.08 bits per heavy atom. The largest absolute Gasteiger partial charge is 0.273 e. The van der Waals surface area contributed by atoms with E-state index in [-0.39, 0.29) is 13.1 Å². The van der Waals surface area contributed by atoms with Crippen molar-refractivity contribution in [2.75, 3.05) is 13.1 Å². The fourth-order valence-electron chi connectivity index (χ4n) is 0.461. The monoisotopic (exact) mass is 216 g/mol. The zero-order valence-electron chi connectivity index (χ0n) is 6.43. The molecule has 0 saturated heterocycles. The Morgan fingerprint density at radius 1 is 0.833 bits per heavy atom. The summed E-state index contributed by atoms with van der Waals surface area (Å²) in [4.78, 5) is 0. The van der Waals surface area contributed by atoms with Crippen LogP contribution < -0.4 is 32.2 Å². The number of nitrogens with one attached hydrogen (secondary N) is 2. The fraction of sp³-hybridized carbons (Fsp3) is 1.00. The van der Waals surface area contributed by atoms with Crippen molar-refractivity contribution >= 4 is 15.2 Å². The van der Waals surface area contributed by atoms with Gasteiger partial charge in [-0.1, -0.05) is 0 Å². The maximum absolute atomic E-state index is 10.6. The number of hydrogen-bond donors (Lipinski definition) is 6. The lowest BCUT2D eigenvalue weighted by Crippen LogP contribution is -2.32. The molecule has 0 rings (SSSR count). The van der Waals surface area contributed by atoms with E-state index in [2.05, 4.69) is 10.2 Å². The van der Waals surface area contributed by atoms with Gasteiger partial charge in [-0.3, -0.25) is 31.1 Å². The van der Waals surface area contributed by atoms with Gasteiger partial charge in [-0.25, -0.2) is 10.2 Å². The summed E-state index contributed by atoms with van der Waals surface area (Å²) < 4.78 is 21.2. The standard InChI is InChI=1S/C2H14N6O2P2/c3-11(4,9)7-1-2-8-12(5,6)10/h1-2H2,(H5,3,4,7,9)(H5,5,6,8,10). The van der Waals surface area contributed by atoms with E-state index in [1.54, 1.807) is 0 Å². The van der Waals surface area contributed by atoms with Crippen molar-refractivity contribution in [3.8, 4) is 0 Å². The van der Waals surface area contributed by atoms with Crippen molar-refractivity contribution < 1.29 is 9.13 Å². The third-order valence-electron chi connectivity index (χ3n) is 0.843. The molecular formula is C2H14N6O2P2. The van der Waals surface area contributed by atoms with Gasteiger partial charge in [-0.2, -0.15) is 0 Å². The van der Waals surface area contributed by atoms with Gasteiger partial charge >= 0.3 is 0 Å². The summed E-state index contributed by atoms with van der Waals surface area (Å²) in [6, 6.07) is 0. The molecule has 0 aliphatic heterocycles. The zero-order chi connectivity index (χ0) is 9.83. The maximum atomic E-state index is 10.6. The van der Waals surface area contributed by atoms with Crippen LogP contribution in [0.15, 0.2) is 0 Å². The number of nitrogens with two attached hydrogens (primary N) is 4. The van der Waals surface area contributed by atoms with Crippen LogP contribution in [-0.4, -0.2) is 13.1 Å². The van der Waals surface area contributed by atoms with Crippen LogP contribution >= 0.6 is 15.2 Å². The van der Waals surface area contributed by atoms with Crippen molar-refractivity contribution in [1.82, 2.24) is 10.2 Å². The summed E-state index contributed by atoms with van der Waals surface area (Å²) in [5, 5.41) is 4.62. The topological polar surface area (TPSA) is 162 Å². The van der Waals surface area contributed by atoms with E-state index in [0.29, 0.717) is 0 Å². The molecule has 0 aromatic heterocycles. The highest BCUT2D eigenvalue weighted by Gasteiger charge is 2.08. The molecule has 0 amide bonds. The first-order chi connectivity index (χ1) is 5.21. The molecule has 0 heterocycles. The third kappa shape index (κ3) is 10.2. The van der Waals surface area contributed by atoms with Gasteiger partial charge in [0.1, 0.15) is 0 Å². The normalized spacial score (nSPS) is 13.3.